The fourth-order valence-electron chi connectivity index (χ4n) is 1.77. The minimum absolute atomic E-state index is 0.0939. The quantitative estimate of drug-likeness (QED) is 0.919. The first-order valence-corrected chi connectivity index (χ1v) is 7.33. The van der Waals surface area contributed by atoms with Crippen molar-refractivity contribution >= 4 is 23.1 Å². The molecule has 0 aliphatic heterocycles. The van der Waals surface area contributed by atoms with Gasteiger partial charge in [0.15, 0.2) is 0 Å². The highest BCUT2D eigenvalue weighted by Gasteiger charge is 2.20. The SMILES string of the molecule is CNc1cnc(C(=O)N(Cc2cccs2)C(C)C)cn1. The lowest BCUT2D eigenvalue weighted by Crippen LogP contribution is -2.36. The van der Waals surface area contributed by atoms with E-state index < -0.39 is 0 Å². The average Bonchev–Trinajstić information content (AvgIpc) is 2.97. The number of rotatable bonds is 5. The first-order chi connectivity index (χ1) is 9.61. The van der Waals surface area contributed by atoms with E-state index in [0.29, 0.717) is 18.1 Å². The van der Waals surface area contributed by atoms with Crippen LogP contribution in [0.4, 0.5) is 5.82 Å². The molecule has 0 spiro atoms. The van der Waals surface area contributed by atoms with Crippen LogP contribution in [0.3, 0.4) is 0 Å². The summed E-state index contributed by atoms with van der Waals surface area (Å²) in [4.78, 5) is 23.8. The number of hydrogen-bond acceptors (Lipinski definition) is 5. The lowest BCUT2D eigenvalue weighted by Gasteiger charge is -2.25. The summed E-state index contributed by atoms with van der Waals surface area (Å²) in [5.41, 5.74) is 0.370. The molecular formula is C14H18N4OS. The molecule has 0 unspecified atom stereocenters. The number of anilines is 1. The van der Waals surface area contributed by atoms with Gasteiger partial charge in [-0.1, -0.05) is 6.07 Å². The van der Waals surface area contributed by atoms with Crippen LogP contribution in [0.1, 0.15) is 29.2 Å². The van der Waals surface area contributed by atoms with Crippen molar-refractivity contribution in [3.05, 3.63) is 40.5 Å². The standard InChI is InChI=1S/C14H18N4OS/c1-10(2)18(9-11-5-4-6-20-11)14(19)12-7-17-13(15-3)8-16-12/h4-8,10H,9H2,1-3H3,(H,15,17). The van der Waals surface area contributed by atoms with Crippen molar-refractivity contribution in [2.75, 3.05) is 12.4 Å². The van der Waals surface area contributed by atoms with Gasteiger partial charge in [0.2, 0.25) is 0 Å². The van der Waals surface area contributed by atoms with Crippen LogP contribution in [0.15, 0.2) is 29.9 Å². The van der Waals surface area contributed by atoms with Gasteiger partial charge in [0.1, 0.15) is 11.5 Å². The maximum atomic E-state index is 12.5. The van der Waals surface area contributed by atoms with Crippen molar-refractivity contribution in [3.63, 3.8) is 0 Å². The van der Waals surface area contributed by atoms with Gasteiger partial charge in [-0.3, -0.25) is 4.79 Å². The van der Waals surface area contributed by atoms with E-state index in [2.05, 4.69) is 15.3 Å². The third kappa shape index (κ3) is 3.33. The summed E-state index contributed by atoms with van der Waals surface area (Å²) < 4.78 is 0. The van der Waals surface area contributed by atoms with Crippen LogP contribution in [0.5, 0.6) is 0 Å². The number of thiophene rings is 1. The molecule has 0 aromatic carbocycles. The number of hydrogen-bond donors (Lipinski definition) is 1. The molecule has 2 aromatic rings. The fourth-order valence-corrected chi connectivity index (χ4v) is 2.48. The third-order valence-corrected chi connectivity index (χ3v) is 3.78. The van der Waals surface area contributed by atoms with Crippen molar-refractivity contribution in [3.8, 4) is 0 Å². The van der Waals surface area contributed by atoms with E-state index >= 15 is 0 Å². The molecule has 0 fully saturated rings. The summed E-state index contributed by atoms with van der Waals surface area (Å²) in [6.07, 6.45) is 3.08. The maximum absolute atomic E-state index is 12.5. The number of nitrogens with zero attached hydrogens (tertiary/aromatic N) is 3. The highest BCUT2D eigenvalue weighted by Crippen LogP contribution is 2.16. The monoisotopic (exact) mass is 290 g/mol. The van der Waals surface area contributed by atoms with Crippen molar-refractivity contribution in [1.29, 1.82) is 0 Å². The smallest absolute Gasteiger partial charge is 0.274 e. The van der Waals surface area contributed by atoms with E-state index in [4.69, 9.17) is 0 Å². The Morgan fingerprint density at radius 2 is 2.20 bits per heavy atom. The fraction of sp³-hybridized carbons (Fsp3) is 0.357. The van der Waals surface area contributed by atoms with Crippen LogP contribution in [-0.2, 0) is 6.54 Å². The van der Waals surface area contributed by atoms with Crippen LogP contribution < -0.4 is 5.32 Å². The van der Waals surface area contributed by atoms with Crippen LogP contribution in [-0.4, -0.2) is 33.9 Å². The second-order valence-electron chi connectivity index (χ2n) is 4.64. The summed E-state index contributed by atoms with van der Waals surface area (Å²) in [7, 11) is 1.77. The molecule has 0 saturated carbocycles. The molecule has 2 rings (SSSR count). The zero-order valence-electron chi connectivity index (χ0n) is 11.8. The predicted octanol–water partition coefficient (Wildman–Crippen LogP) is 2.63. The van der Waals surface area contributed by atoms with Gasteiger partial charge >= 0.3 is 0 Å². The van der Waals surface area contributed by atoms with E-state index in [1.807, 2.05) is 31.4 Å². The van der Waals surface area contributed by atoms with Gasteiger partial charge in [-0.15, -0.1) is 11.3 Å². The molecule has 1 N–H and O–H groups in total. The van der Waals surface area contributed by atoms with Crippen LogP contribution in [0, 0.1) is 0 Å². The van der Waals surface area contributed by atoms with E-state index in [1.165, 1.54) is 6.20 Å². The van der Waals surface area contributed by atoms with Gasteiger partial charge in [-0.25, -0.2) is 9.97 Å². The predicted molar refractivity (Wildman–Crippen MR) is 80.9 cm³/mol. The number of amides is 1. The molecule has 0 radical (unpaired) electrons. The van der Waals surface area contributed by atoms with E-state index in [9.17, 15) is 4.79 Å². The summed E-state index contributed by atoms with van der Waals surface area (Å²) in [6, 6.07) is 4.13. The van der Waals surface area contributed by atoms with Gasteiger partial charge < -0.3 is 10.2 Å². The largest absolute Gasteiger partial charge is 0.372 e. The van der Waals surface area contributed by atoms with Gasteiger partial charge in [-0.2, -0.15) is 0 Å². The van der Waals surface area contributed by atoms with Crippen molar-refractivity contribution in [2.24, 2.45) is 0 Å². The Bertz CT molecular complexity index is 551. The molecule has 1 amide bonds. The van der Waals surface area contributed by atoms with Crippen molar-refractivity contribution in [1.82, 2.24) is 14.9 Å². The molecule has 6 heteroatoms. The molecule has 2 aromatic heterocycles. The highest BCUT2D eigenvalue weighted by molar-refractivity contribution is 7.09. The van der Waals surface area contributed by atoms with Gasteiger partial charge in [0, 0.05) is 18.0 Å². The van der Waals surface area contributed by atoms with Crippen LogP contribution >= 0.6 is 11.3 Å². The first-order valence-electron chi connectivity index (χ1n) is 6.45. The molecule has 5 nitrogen and oxygen atoms in total. The number of carbonyl (C=O) groups excluding carboxylic acids is 1. The van der Waals surface area contributed by atoms with Crippen LogP contribution in [0.25, 0.3) is 0 Å². The lowest BCUT2D eigenvalue weighted by molar-refractivity contribution is 0.0686. The molecule has 0 atom stereocenters. The van der Waals surface area contributed by atoms with Crippen molar-refractivity contribution < 1.29 is 4.79 Å². The normalized spacial score (nSPS) is 10.6. The Morgan fingerprint density at radius 1 is 1.40 bits per heavy atom. The first kappa shape index (κ1) is 14.5. The third-order valence-electron chi connectivity index (χ3n) is 2.92. The molecular weight excluding hydrogens is 272 g/mol. The average molecular weight is 290 g/mol. The molecule has 20 heavy (non-hydrogen) atoms. The molecule has 0 saturated heterocycles. The molecule has 0 aliphatic rings. The zero-order chi connectivity index (χ0) is 14.5. The Balaban J connectivity index is 2.17. The maximum Gasteiger partial charge on any atom is 0.274 e. The number of aromatic nitrogens is 2. The molecule has 0 aliphatic carbocycles. The lowest BCUT2D eigenvalue weighted by atomic mass is 10.2. The summed E-state index contributed by atoms with van der Waals surface area (Å²) >= 11 is 1.65. The zero-order valence-corrected chi connectivity index (χ0v) is 12.6. The second kappa shape index (κ2) is 6.47. The minimum atomic E-state index is -0.0939. The van der Waals surface area contributed by atoms with E-state index in [-0.39, 0.29) is 11.9 Å². The van der Waals surface area contributed by atoms with E-state index in [1.54, 1.807) is 29.5 Å². The van der Waals surface area contributed by atoms with Gasteiger partial charge in [0.05, 0.1) is 18.9 Å². The Hall–Kier alpha value is -1.95. The molecule has 106 valence electrons. The van der Waals surface area contributed by atoms with Gasteiger partial charge in [-0.05, 0) is 25.3 Å². The summed E-state index contributed by atoms with van der Waals surface area (Å²) in [5, 5.41) is 4.90. The molecule has 0 bridgehead atoms. The minimum Gasteiger partial charge on any atom is -0.372 e. The second-order valence-corrected chi connectivity index (χ2v) is 5.68. The Labute approximate surface area is 122 Å². The summed E-state index contributed by atoms with van der Waals surface area (Å²) in [6.45, 7) is 4.60. The summed E-state index contributed by atoms with van der Waals surface area (Å²) in [5.74, 6) is 0.555. The molecule has 2 heterocycles. The Morgan fingerprint density at radius 3 is 2.70 bits per heavy atom. The number of carbonyl (C=O) groups is 1. The van der Waals surface area contributed by atoms with E-state index in [0.717, 1.165) is 4.88 Å². The van der Waals surface area contributed by atoms with Gasteiger partial charge in [0.25, 0.3) is 5.91 Å². The van der Waals surface area contributed by atoms with Crippen LogP contribution in [0.2, 0.25) is 0 Å². The highest BCUT2D eigenvalue weighted by atomic mass is 32.1. The number of nitrogens with one attached hydrogen (secondary N) is 1. The van der Waals surface area contributed by atoms with Crippen molar-refractivity contribution in [2.45, 2.75) is 26.4 Å². The Kier molecular flexibility index (Phi) is 4.68. The topological polar surface area (TPSA) is 58.1 Å².